The van der Waals surface area contributed by atoms with Crippen molar-refractivity contribution in [3.05, 3.63) is 76.9 Å². The fourth-order valence-electron chi connectivity index (χ4n) is 3.58. The summed E-state index contributed by atoms with van der Waals surface area (Å²) in [6, 6.07) is 16.3. The van der Waals surface area contributed by atoms with Crippen LogP contribution in [-0.2, 0) is 19.4 Å². The maximum absolute atomic E-state index is 12.7. The van der Waals surface area contributed by atoms with E-state index in [0.29, 0.717) is 11.1 Å². The molecule has 0 unspecified atom stereocenters. The zero-order valence-corrected chi connectivity index (χ0v) is 14.0. The Bertz CT molecular complexity index is 975. The van der Waals surface area contributed by atoms with E-state index in [2.05, 4.69) is 16.1 Å². The van der Waals surface area contributed by atoms with Crippen LogP contribution in [0.2, 0.25) is 0 Å². The van der Waals surface area contributed by atoms with Crippen LogP contribution in [0.3, 0.4) is 0 Å². The van der Waals surface area contributed by atoms with Gasteiger partial charge >= 0.3 is 6.61 Å². The molecular weight excluding hydrogens is 336 g/mol. The molecule has 0 aliphatic heterocycles. The van der Waals surface area contributed by atoms with Crippen LogP contribution in [0.4, 0.5) is 8.78 Å². The van der Waals surface area contributed by atoms with E-state index in [9.17, 15) is 13.6 Å². The Morgan fingerprint density at radius 3 is 2.58 bits per heavy atom. The van der Waals surface area contributed by atoms with Gasteiger partial charge in [-0.15, -0.1) is 0 Å². The van der Waals surface area contributed by atoms with Gasteiger partial charge in [0.1, 0.15) is 5.75 Å². The van der Waals surface area contributed by atoms with Crippen molar-refractivity contribution >= 4 is 16.7 Å². The second kappa shape index (κ2) is 6.75. The smallest absolute Gasteiger partial charge is 0.387 e. The van der Waals surface area contributed by atoms with E-state index in [-0.39, 0.29) is 18.2 Å². The van der Waals surface area contributed by atoms with Crippen LogP contribution in [0.15, 0.2) is 54.6 Å². The van der Waals surface area contributed by atoms with Gasteiger partial charge in [-0.1, -0.05) is 42.5 Å². The first kappa shape index (κ1) is 16.5. The minimum atomic E-state index is -2.90. The summed E-state index contributed by atoms with van der Waals surface area (Å²) in [5, 5.41) is 4.92. The molecule has 1 aliphatic rings. The van der Waals surface area contributed by atoms with Gasteiger partial charge in [0.25, 0.3) is 5.91 Å². The van der Waals surface area contributed by atoms with Crippen LogP contribution >= 0.6 is 0 Å². The summed E-state index contributed by atoms with van der Waals surface area (Å²) in [6.45, 7) is -2.78. The van der Waals surface area contributed by atoms with Crippen LogP contribution in [0.5, 0.6) is 5.75 Å². The molecule has 5 heteroatoms. The summed E-state index contributed by atoms with van der Waals surface area (Å²) in [4.78, 5) is 12.7. The van der Waals surface area contributed by atoms with E-state index >= 15 is 0 Å². The Morgan fingerprint density at radius 2 is 1.77 bits per heavy atom. The first-order valence-electron chi connectivity index (χ1n) is 8.48. The van der Waals surface area contributed by atoms with Gasteiger partial charge in [-0.2, -0.15) is 8.78 Å². The monoisotopic (exact) mass is 353 g/mol. The Hall–Kier alpha value is -2.95. The molecule has 0 saturated carbocycles. The molecule has 0 saturated heterocycles. The molecule has 1 N–H and O–H groups in total. The molecule has 132 valence electrons. The average molecular weight is 353 g/mol. The van der Waals surface area contributed by atoms with E-state index in [1.165, 1.54) is 22.6 Å². The molecule has 3 aromatic carbocycles. The number of aryl methyl sites for hydroxylation is 2. The van der Waals surface area contributed by atoms with Gasteiger partial charge in [0.05, 0.1) is 0 Å². The number of nitrogens with one attached hydrogen (secondary N) is 1. The molecule has 3 nitrogen and oxygen atoms in total. The van der Waals surface area contributed by atoms with Crippen molar-refractivity contribution in [2.45, 2.75) is 26.0 Å². The van der Waals surface area contributed by atoms with E-state index in [0.717, 1.165) is 18.2 Å². The summed E-state index contributed by atoms with van der Waals surface area (Å²) >= 11 is 0. The molecule has 1 amide bonds. The van der Waals surface area contributed by atoms with Gasteiger partial charge in [0, 0.05) is 17.7 Å². The second-order valence-electron chi connectivity index (χ2n) is 6.28. The average Bonchev–Trinajstić information content (AvgIpc) is 3.06. The normalized spacial score (nSPS) is 12.6. The number of rotatable bonds is 5. The summed E-state index contributed by atoms with van der Waals surface area (Å²) in [5.74, 6) is -0.157. The fraction of sp³-hybridized carbons (Fsp3) is 0.190. The molecule has 0 heterocycles. The highest BCUT2D eigenvalue weighted by molar-refractivity contribution is 6.09. The molecule has 3 aromatic rings. The Labute approximate surface area is 149 Å². The first-order chi connectivity index (χ1) is 12.6. The molecule has 4 rings (SSSR count). The largest absolute Gasteiger partial charge is 0.434 e. The van der Waals surface area contributed by atoms with Crippen molar-refractivity contribution in [2.75, 3.05) is 0 Å². The van der Waals surface area contributed by atoms with Crippen LogP contribution in [0.25, 0.3) is 10.8 Å². The van der Waals surface area contributed by atoms with Crippen LogP contribution in [-0.4, -0.2) is 12.5 Å². The highest BCUT2D eigenvalue weighted by Crippen LogP contribution is 2.32. The minimum absolute atomic E-state index is 0.0724. The highest BCUT2D eigenvalue weighted by Gasteiger charge is 2.19. The van der Waals surface area contributed by atoms with Crippen LogP contribution in [0.1, 0.15) is 27.0 Å². The third-order valence-corrected chi connectivity index (χ3v) is 4.75. The fourth-order valence-corrected chi connectivity index (χ4v) is 3.58. The number of alkyl halides is 2. The maximum Gasteiger partial charge on any atom is 0.387 e. The quantitative estimate of drug-likeness (QED) is 0.735. The topological polar surface area (TPSA) is 38.3 Å². The predicted octanol–water partition coefficient (Wildman–Crippen LogP) is 4.47. The van der Waals surface area contributed by atoms with Gasteiger partial charge in [0.15, 0.2) is 0 Å². The minimum Gasteiger partial charge on any atom is -0.434 e. The lowest BCUT2D eigenvalue weighted by atomic mass is 9.99. The third kappa shape index (κ3) is 3.01. The summed E-state index contributed by atoms with van der Waals surface area (Å²) < 4.78 is 29.5. The van der Waals surface area contributed by atoms with E-state index in [4.69, 9.17) is 0 Å². The van der Waals surface area contributed by atoms with Gasteiger partial charge in [-0.05, 0) is 46.9 Å². The number of carbonyl (C=O) groups excluding carboxylic acids is 1. The van der Waals surface area contributed by atoms with E-state index in [1.807, 2.05) is 24.3 Å². The summed E-state index contributed by atoms with van der Waals surface area (Å²) in [5.41, 5.74) is 3.64. The lowest BCUT2D eigenvalue weighted by molar-refractivity contribution is -0.0504. The third-order valence-electron chi connectivity index (χ3n) is 4.75. The zero-order valence-electron chi connectivity index (χ0n) is 14.0. The van der Waals surface area contributed by atoms with Crippen molar-refractivity contribution in [1.29, 1.82) is 0 Å². The second-order valence-corrected chi connectivity index (χ2v) is 6.28. The van der Waals surface area contributed by atoms with Crippen molar-refractivity contribution in [3.8, 4) is 5.75 Å². The van der Waals surface area contributed by atoms with Crippen molar-refractivity contribution in [2.24, 2.45) is 0 Å². The standard InChI is InChI=1S/C21H17F2NO2/c22-21(23)26-18-7-2-1-4-15(18)12-24-20(25)17-11-10-14-9-8-13-5-3-6-16(17)19(13)14/h1-7,10-11,21H,8-9,12H2,(H,24,25). The van der Waals surface area contributed by atoms with Crippen molar-refractivity contribution in [3.63, 3.8) is 0 Å². The van der Waals surface area contributed by atoms with Crippen LogP contribution < -0.4 is 10.1 Å². The molecule has 0 radical (unpaired) electrons. The Morgan fingerprint density at radius 1 is 1.00 bits per heavy atom. The zero-order chi connectivity index (χ0) is 18.1. The Kier molecular flexibility index (Phi) is 4.29. The number of hydrogen-bond acceptors (Lipinski definition) is 2. The molecule has 1 aliphatic carbocycles. The number of ether oxygens (including phenoxy) is 1. The van der Waals surface area contributed by atoms with E-state index < -0.39 is 6.61 Å². The molecule has 26 heavy (non-hydrogen) atoms. The van der Waals surface area contributed by atoms with Gasteiger partial charge < -0.3 is 10.1 Å². The van der Waals surface area contributed by atoms with E-state index in [1.54, 1.807) is 18.2 Å². The van der Waals surface area contributed by atoms with Gasteiger partial charge in [-0.3, -0.25) is 4.79 Å². The van der Waals surface area contributed by atoms with Gasteiger partial charge in [0.2, 0.25) is 0 Å². The van der Waals surface area contributed by atoms with Crippen molar-refractivity contribution < 1.29 is 18.3 Å². The molecule has 0 atom stereocenters. The lowest BCUT2D eigenvalue weighted by Gasteiger charge is -2.13. The van der Waals surface area contributed by atoms with Crippen LogP contribution in [0, 0.1) is 0 Å². The SMILES string of the molecule is O=C(NCc1ccccc1OC(F)F)c1ccc2c3c(cccc13)CC2. The summed E-state index contributed by atoms with van der Waals surface area (Å²) in [7, 11) is 0. The molecule has 0 bridgehead atoms. The molecule has 0 spiro atoms. The molecule has 0 aromatic heterocycles. The number of halogens is 2. The number of benzene rings is 3. The predicted molar refractivity (Wildman–Crippen MR) is 95.6 cm³/mol. The highest BCUT2D eigenvalue weighted by atomic mass is 19.3. The first-order valence-corrected chi connectivity index (χ1v) is 8.48. The number of hydrogen-bond donors (Lipinski definition) is 1. The molecular formula is C21H17F2NO2. The number of carbonyl (C=O) groups is 1. The van der Waals surface area contributed by atoms with Crippen molar-refractivity contribution in [1.82, 2.24) is 5.32 Å². The lowest BCUT2D eigenvalue weighted by Crippen LogP contribution is -2.23. The molecule has 0 fully saturated rings. The maximum atomic E-state index is 12.7. The Balaban J connectivity index is 1.58. The summed E-state index contributed by atoms with van der Waals surface area (Å²) in [6.07, 6.45) is 1.99. The number of para-hydroxylation sites is 1. The van der Waals surface area contributed by atoms with Gasteiger partial charge in [-0.25, -0.2) is 0 Å². The number of amides is 1.